The van der Waals surface area contributed by atoms with Gasteiger partial charge < -0.3 is 5.32 Å². The van der Waals surface area contributed by atoms with Gasteiger partial charge in [0, 0.05) is 17.8 Å². The Kier molecular flexibility index (Phi) is 3.73. The van der Waals surface area contributed by atoms with E-state index in [0.29, 0.717) is 0 Å². The third-order valence-corrected chi connectivity index (χ3v) is 2.06. The van der Waals surface area contributed by atoms with Crippen LogP contribution in [0.25, 0.3) is 0 Å². The van der Waals surface area contributed by atoms with Crippen LogP contribution in [0.5, 0.6) is 0 Å². The first-order valence-corrected chi connectivity index (χ1v) is 4.96. The molecule has 0 aromatic heterocycles. The standard InChI is InChI=1S/C8H6BrFN2O3/c9-4-8(13)11-5-1-2-7(12(14)15)6(10)3-5/h1-3H,4H2,(H,11,13). The number of carbonyl (C=O) groups excluding carboxylic acids is 1. The molecule has 0 aliphatic carbocycles. The van der Waals surface area contributed by atoms with E-state index in [0.717, 1.165) is 12.1 Å². The smallest absolute Gasteiger partial charge is 0.304 e. The number of hydrogen-bond donors (Lipinski definition) is 1. The summed E-state index contributed by atoms with van der Waals surface area (Å²) in [6.45, 7) is 0. The Morgan fingerprint density at radius 2 is 2.27 bits per heavy atom. The Balaban J connectivity index is 2.91. The highest BCUT2D eigenvalue weighted by molar-refractivity contribution is 9.09. The summed E-state index contributed by atoms with van der Waals surface area (Å²) in [5, 5.41) is 12.7. The molecule has 7 heteroatoms. The predicted octanol–water partition coefficient (Wildman–Crippen LogP) is 2.07. The molecule has 0 saturated carbocycles. The van der Waals surface area contributed by atoms with Gasteiger partial charge in [-0.3, -0.25) is 14.9 Å². The number of nitrogens with zero attached hydrogens (tertiary/aromatic N) is 1. The van der Waals surface area contributed by atoms with E-state index in [9.17, 15) is 19.3 Å². The fourth-order valence-electron chi connectivity index (χ4n) is 0.927. The number of nitro groups is 1. The molecular formula is C8H6BrFN2O3. The Hall–Kier alpha value is -1.50. The average molecular weight is 277 g/mol. The number of amides is 1. The zero-order valence-electron chi connectivity index (χ0n) is 7.37. The Labute approximate surface area is 92.6 Å². The van der Waals surface area contributed by atoms with Gasteiger partial charge in [0.25, 0.3) is 0 Å². The SMILES string of the molecule is O=C(CBr)Nc1ccc([N+](=O)[O-])c(F)c1. The highest BCUT2D eigenvalue weighted by Crippen LogP contribution is 2.20. The van der Waals surface area contributed by atoms with Crippen LogP contribution < -0.4 is 5.32 Å². The van der Waals surface area contributed by atoms with Crippen molar-refractivity contribution in [3.8, 4) is 0 Å². The molecule has 0 saturated heterocycles. The summed E-state index contributed by atoms with van der Waals surface area (Å²) in [6, 6.07) is 3.17. The molecule has 0 fully saturated rings. The zero-order chi connectivity index (χ0) is 11.4. The first-order valence-electron chi connectivity index (χ1n) is 3.84. The lowest BCUT2D eigenvalue weighted by Crippen LogP contribution is -2.12. The molecule has 0 unspecified atom stereocenters. The van der Waals surface area contributed by atoms with E-state index in [1.54, 1.807) is 0 Å². The van der Waals surface area contributed by atoms with Gasteiger partial charge in [0.05, 0.1) is 10.3 Å². The van der Waals surface area contributed by atoms with Gasteiger partial charge in [-0.2, -0.15) is 4.39 Å². The van der Waals surface area contributed by atoms with Crippen molar-refractivity contribution in [2.24, 2.45) is 0 Å². The summed E-state index contributed by atoms with van der Waals surface area (Å²) in [7, 11) is 0. The number of carbonyl (C=O) groups is 1. The van der Waals surface area contributed by atoms with Crippen molar-refractivity contribution >= 4 is 33.2 Å². The largest absolute Gasteiger partial charge is 0.325 e. The lowest BCUT2D eigenvalue weighted by atomic mass is 10.2. The van der Waals surface area contributed by atoms with E-state index < -0.39 is 16.4 Å². The van der Waals surface area contributed by atoms with E-state index in [1.807, 2.05) is 0 Å². The van der Waals surface area contributed by atoms with E-state index >= 15 is 0 Å². The molecular weight excluding hydrogens is 271 g/mol. The first-order chi connectivity index (χ1) is 7.04. The summed E-state index contributed by atoms with van der Waals surface area (Å²) in [4.78, 5) is 20.4. The maximum atomic E-state index is 13.1. The molecule has 1 N–H and O–H groups in total. The minimum Gasteiger partial charge on any atom is -0.325 e. The van der Waals surface area contributed by atoms with E-state index in [4.69, 9.17) is 0 Å². The highest BCUT2D eigenvalue weighted by Gasteiger charge is 2.14. The van der Waals surface area contributed by atoms with Crippen molar-refractivity contribution < 1.29 is 14.1 Å². The van der Waals surface area contributed by atoms with E-state index in [2.05, 4.69) is 21.2 Å². The Morgan fingerprint density at radius 3 is 2.73 bits per heavy atom. The summed E-state index contributed by atoms with van der Waals surface area (Å²) in [5.41, 5.74) is -0.436. The Morgan fingerprint density at radius 1 is 1.60 bits per heavy atom. The van der Waals surface area contributed by atoms with Gasteiger partial charge in [0.2, 0.25) is 11.7 Å². The number of benzene rings is 1. The fourth-order valence-corrected chi connectivity index (χ4v) is 1.07. The van der Waals surface area contributed by atoms with Gasteiger partial charge in [0.1, 0.15) is 0 Å². The highest BCUT2D eigenvalue weighted by atomic mass is 79.9. The third-order valence-electron chi connectivity index (χ3n) is 1.55. The van der Waals surface area contributed by atoms with Crippen LogP contribution in [0, 0.1) is 15.9 Å². The molecule has 15 heavy (non-hydrogen) atoms. The van der Waals surface area contributed by atoms with E-state index in [-0.39, 0.29) is 16.9 Å². The molecule has 0 atom stereocenters. The van der Waals surface area contributed by atoms with Gasteiger partial charge in [-0.15, -0.1) is 0 Å². The number of halogens is 2. The molecule has 1 aromatic carbocycles. The topological polar surface area (TPSA) is 72.2 Å². The van der Waals surface area contributed by atoms with Gasteiger partial charge in [-0.1, -0.05) is 15.9 Å². The minimum absolute atomic E-state index is 0.0750. The number of nitro benzene ring substituents is 1. The van der Waals surface area contributed by atoms with Crippen molar-refractivity contribution in [2.45, 2.75) is 0 Å². The molecule has 1 aromatic rings. The average Bonchev–Trinajstić information content (AvgIpc) is 2.17. The summed E-state index contributed by atoms with van der Waals surface area (Å²) in [6.07, 6.45) is 0. The van der Waals surface area contributed by atoms with Crippen molar-refractivity contribution in [3.05, 3.63) is 34.1 Å². The molecule has 0 aliphatic heterocycles. The number of nitrogens with one attached hydrogen (secondary N) is 1. The second-order valence-electron chi connectivity index (χ2n) is 2.61. The van der Waals surface area contributed by atoms with E-state index in [1.165, 1.54) is 6.07 Å². The zero-order valence-corrected chi connectivity index (χ0v) is 8.95. The normalized spacial score (nSPS) is 9.73. The van der Waals surface area contributed by atoms with Gasteiger partial charge in [-0.25, -0.2) is 0 Å². The maximum Gasteiger partial charge on any atom is 0.304 e. The van der Waals surface area contributed by atoms with Crippen LogP contribution in [0.3, 0.4) is 0 Å². The van der Waals surface area contributed by atoms with Crippen LogP contribution in [0.4, 0.5) is 15.8 Å². The number of alkyl halides is 1. The van der Waals surface area contributed by atoms with Crippen molar-refractivity contribution in [1.82, 2.24) is 0 Å². The molecule has 1 rings (SSSR count). The predicted molar refractivity (Wildman–Crippen MR) is 55.5 cm³/mol. The number of rotatable bonds is 3. The lowest BCUT2D eigenvalue weighted by molar-refractivity contribution is -0.387. The molecule has 0 heterocycles. The molecule has 0 bridgehead atoms. The molecule has 80 valence electrons. The second kappa shape index (κ2) is 4.83. The van der Waals surface area contributed by atoms with Crippen LogP contribution in [0.15, 0.2) is 18.2 Å². The van der Waals surface area contributed by atoms with Crippen LogP contribution in [0.1, 0.15) is 0 Å². The summed E-state index contributed by atoms with van der Waals surface area (Å²) in [5.74, 6) is -1.34. The maximum absolute atomic E-state index is 13.1. The molecule has 0 aliphatic rings. The summed E-state index contributed by atoms with van der Waals surface area (Å²) < 4.78 is 13.1. The fraction of sp³-hybridized carbons (Fsp3) is 0.125. The molecule has 0 radical (unpaired) electrons. The summed E-state index contributed by atoms with van der Waals surface area (Å²) >= 11 is 2.91. The second-order valence-corrected chi connectivity index (χ2v) is 3.17. The third kappa shape index (κ3) is 2.98. The monoisotopic (exact) mass is 276 g/mol. The number of anilines is 1. The Bertz CT molecular complexity index is 411. The lowest BCUT2D eigenvalue weighted by Gasteiger charge is -2.02. The first kappa shape index (κ1) is 11.6. The van der Waals surface area contributed by atoms with Crippen molar-refractivity contribution in [2.75, 3.05) is 10.6 Å². The van der Waals surface area contributed by atoms with Crippen LogP contribution in [-0.2, 0) is 4.79 Å². The van der Waals surface area contributed by atoms with Crippen LogP contribution >= 0.6 is 15.9 Å². The van der Waals surface area contributed by atoms with Gasteiger partial charge in [0.15, 0.2) is 0 Å². The quantitative estimate of drug-likeness (QED) is 0.522. The number of hydrogen-bond acceptors (Lipinski definition) is 3. The molecule has 0 spiro atoms. The van der Waals surface area contributed by atoms with Gasteiger partial charge >= 0.3 is 5.69 Å². The molecule has 1 amide bonds. The molecule has 5 nitrogen and oxygen atoms in total. The van der Waals surface area contributed by atoms with Crippen LogP contribution in [0.2, 0.25) is 0 Å². The minimum atomic E-state index is -0.979. The van der Waals surface area contributed by atoms with Crippen molar-refractivity contribution in [1.29, 1.82) is 0 Å². The van der Waals surface area contributed by atoms with Crippen LogP contribution in [-0.4, -0.2) is 16.2 Å². The van der Waals surface area contributed by atoms with Gasteiger partial charge in [-0.05, 0) is 6.07 Å². The van der Waals surface area contributed by atoms with Crippen molar-refractivity contribution in [3.63, 3.8) is 0 Å².